The monoisotopic (exact) mass is 622 g/mol. The second-order valence-electron chi connectivity index (χ2n) is 14.7. The lowest BCUT2D eigenvalue weighted by atomic mass is 9.39. The first-order chi connectivity index (χ1) is 20.6. The van der Waals surface area contributed by atoms with E-state index in [4.69, 9.17) is 0 Å². The van der Waals surface area contributed by atoms with Crippen LogP contribution < -0.4 is 0 Å². The number of ketones is 5. The minimum atomic E-state index is -3.08. The van der Waals surface area contributed by atoms with E-state index >= 15 is 0 Å². The van der Waals surface area contributed by atoms with E-state index in [-0.39, 0.29) is 35.4 Å². The van der Waals surface area contributed by atoms with Gasteiger partial charge in [-0.25, -0.2) is 8.78 Å². The number of fused-ring (bicyclic) bond motifs is 3. The molecule has 0 saturated heterocycles. The molecule has 45 heavy (non-hydrogen) atoms. The van der Waals surface area contributed by atoms with E-state index in [0.29, 0.717) is 11.1 Å². The highest BCUT2D eigenvalue weighted by Gasteiger charge is 2.76. The molecular formula is C36H40F2O7. The first-order valence-corrected chi connectivity index (χ1v) is 15.4. The minimum absolute atomic E-state index is 0.0320. The quantitative estimate of drug-likeness (QED) is 0.392. The lowest BCUT2D eigenvalue weighted by Crippen LogP contribution is -2.76. The van der Waals surface area contributed by atoms with Crippen molar-refractivity contribution in [2.45, 2.75) is 85.7 Å². The standard InChI is InChI=1S/C36H40F2O7/c1-16(2)21-13-22(19-9-11-20(12-10-19)35(8,37)38)28(40)25-23(21)14-33(6)15-34(7)26(17(3)4)29(41)24(18(5)39)31(43)36(34,45)32(44)27(33)30(25)42/h9-13,16-17,24,26-27,40,45H,14-15H2,1-8H3/t24?,26?,27?,33-,34-,36+/m1/s1. The summed E-state index contributed by atoms with van der Waals surface area (Å²) in [4.78, 5) is 69.2. The van der Waals surface area contributed by atoms with Crippen LogP contribution in [-0.4, -0.2) is 44.7 Å². The predicted octanol–water partition coefficient (Wildman–Crippen LogP) is 6.00. The normalized spacial score (nSPS) is 31.6. The fraction of sp³-hybridized carbons (Fsp3) is 0.528. The van der Waals surface area contributed by atoms with Gasteiger partial charge in [-0.2, -0.15) is 0 Å². The van der Waals surface area contributed by atoms with Gasteiger partial charge in [-0.3, -0.25) is 24.0 Å². The van der Waals surface area contributed by atoms with Crippen LogP contribution in [-0.2, 0) is 31.5 Å². The van der Waals surface area contributed by atoms with Gasteiger partial charge >= 0.3 is 0 Å². The Balaban J connectivity index is 1.73. The Morgan fingerprint density at radius 3 is 2.07 bits per heavy atom. The number of benzene rings is 2. The van der Waals surface area contributed by atoms with Gasteiger partial charge in [-0.05, 0) is 59.8 Å². The Morgan fingerprint density at radius 2 is 1.58 bits per heavy atom. The highest BCUT2D eigenvalue weighted by Crippen LogP contribution is 2.64. The fourth-order valence-corrected chi connectivity index (χ4v) is 8.91. The van der Waals surface area contributed by atoms with Crippen molar-refractivity contribution in [1.82, 2.24) is 0 Å². The van der Waals surface area contributed by atoms with E-state index in [1.54, 1.807) is 26.8 Å². The van der Waals surface area contributed by atoms with Gasteiger partial charge in [-0.1, -0.05) is 65.8 Å². The van der Waals surface area contributed by atoms with Gasteiger partial charge in [0.1, 0.15) is 17.5 Å². The van der Waals surface area contributed by atoms with Crippen LogP contribution in [0.15, 0.2) is 30.3 Å². The number of hydrogen-bond acceptors (Lipinski definition) is 7. The van der Waals surface area contributed by atoms with Crippen LogP contribution >= 0.6 is 0 Å². The van der Waals surface area contributed by atoms with Gasteiger partial charge in [0.25, 0.3) is 5.92 Å². The van der Waals surface area contributed by atoms with Gasteiger partial charge < -0.3 is 10.2 Å². The summed E-state index contributed by atoms with van der Waals surface area (Å²) in [7, 11) is 0. The molecule has 2 N–H and O–H groups in total. The van der Waals surface area contributed by atoms with E-state index in [1.165, 1.54) is 31.2 Å². The second-order valence-corrected chi connectivity index (χ2v) is 14.7. The number of hydrogen-bond donors (Lipinski definition) is 2. The van der Waals surface area contributed by atoms with Crippen molar-refractivity contribution in [3.05, 3.63) is 52.6 Å². The number of aliphatic hydroxyl groups is 1. The van der Waals surface area contributed by atoms with Crippen LogP contribution in [0.1, 0.15) is 94.8 Å². The first kappa shape index (κ1) is 32.8. The molecule has 2 fully saturated rings. The second kappa shape index (κ2) is 10.2. The molecule has 0 heterocycles. The van der Waals surface area contributed by atoms with Crippen LogP contribution in [0.2, 0.25) is 0 Å². The van der Waals surface area contributed by atoms with Crippen LogP contribution in [0.3, 0.4) is 0 Å². The summed E-state index contributed by atoms with van der Waals surface area (Å²) >= 11 is 0. The van der Waals surface area contributed by atoms with Crippen LogP contribution in [0.25, 0.3) is 11.1 Å². The zero-order valence-electron chi connectivity index (χ0n) is 26.9. The molecule has 0 spiro atoms. The lowest BCUT2D eigenvalue weighted by Gasteiger charge is -2.62. The molecular weight excluding hydrogens is 582 g/mol. The molecule has 2 aromatic rings. The molecule has 5 rings (SSSR count). The molecule has 3 aliphatic rings. The number of carbonyl (C=O) groups is 5. The largest absolute Gasteiger partial charge is 0.507 e. The molecule has 0 aromatic heterocycles. The van der Waals surface area contributed by atoms with Crippen LogP contribution in [0.5, 0.6) is 5.75 Å². The molecule has 2 aromatic carbocycles. The Kier molecular flexibility index (Phi) is 7.44. The van der Waals surface area contributed by atoms with Gasteiger partial charge in [0.15, 0.2) is 28.7 Å². The van der Waals surface area contributed by atoms with Crippen LogP contribution in [0.4, 0.5) is 8.78 Å². The molecule has 9 heteroatoms. The van der Waals surface area contributed by atoms with Crippen molar-refractivity contribution in [2.24, 2.45) is 34.5 Å². The lowest BCUT2D eigenvalue weighted by molar-refractivity contribution is -0.205. The zero-order valence-corrected chi connectivity index (χ0v) is 26.9. The SMILES string of the molecule is CC(=O)C1C(=O)C(C(C)C)[C@@]2(C)C[C@@]3(C)Cc4c(C(C)C)cc(-c5ccc(C(C)(F)F)cc5)c(O)c4C(=O)C3C(=O)[C@@]2(O)C1=O. The Morgan fingerprint density at radius 1 is 1.00 bits per heavy atom. The van der Waals surface area contributed by atoms with Gasteiger partial charge in [0.05, 0.1) is 11.5 Å². The summed E-state index contributed by atoms with van der Waals surface area (Å²) in [6, 6.07) is 7.09. The third kappa shape index (κ3) is 4.40. The number of rotatable bonds is 5. The molecule has 3 aliphatic carbocycles. The highest BCUT2D eigenvalue weighted by atomic mass is 19.3. The Bertz CT molecular complexity index is 1670. The summed E-state index contributed by atoms with van der Waals surface area (Å²) in [6.45, 7) is 12.4. The Hall–Kier alpha value is -3.59. The first-order valence-electron chi connectivity index (χ1n) is 15.4. The topological polar surface area (TPSA) is 126 Å². The number of halogens is 2. The van der Waals surface area contributed by atoms with E-state index in [9.17, 15) is 43.0 Å². The van der Waals surface area contributed by atoms with Crippen molar-refractivity contribution in [1.29, 1.82) is 0 Å². The van der Waals surface area contributed by atoms with Crippen molar-refractivity contribution < 1.29 is 43.0 Å². The third-order valence-corrected chi connectivity index (χ3v) is 10.7. The number of phenolic OH excluding ortho intramolecular Hbond substituents is 1. The van der Waals surface area contributed by atoms with Crippen molar-refractivity contribution >= 4 is 28.9 Å². The van der Waals surface area contributed by atoms with Crippen molar-refractivity contribution in [2.75, 3.05) is 0 Å². The zero-order chi connectivity index (χ0) is 33.8. The number of aromatic hydroxyl groups is 1. The maximum atomic E-state index is 14.5. The molecule has 3 unspecified atom stereocenters. The number of carbonyl (C=O) groups excluding carboxylic acids is 5. The number of Topliss-reactive ketones (excluding diaryl/α,β-unsaturated/α-hetero) is 5. The van der Waals surface area contributed by atoms with Crippen LogP contribution in [0, 0.1) is 34.5 Å². The maximum absolute atomic E-state index is 14.5. The minimum Gasteiger partial charge on any atom is -0.507 e. The van der Waals surface area contributed by atoms with Gasteiger partial charge in [0.2, 0.25) is 0 Å². The summed E-state index contributed by atoms with van der Waals surface area (Å²) in [6.07, 6.45) is 0.109. The van der Waals surface area contributed by atoms with E-state index < -0.39 is 80.7 Å². The third-order valence-electron chi connectivity index (χ3n) is 10.7. The number of phenols is 1. The summed E-state index contributed by atoms with van der Waals surface area (Å²) in [5, 5.41) is 23.8. The van der Waals surface area contributed by atoms with Crippen molar-refractivity contribution in [3.63, 3.8) is 0 Å². The molecule has 2 saturated carbocycles. The average molecular weight is 623 g/mol. The Labute approximate surface area is 261 Å². The van der Waals surface area contributed by atoms with E-state index in [1.807, 2.05) is 13.8 Å². The predicted molar refractivity (Wildman–Crippen MR) is 162 cm³/mol. The molecule has 6 atom stereocenters. The average Bonchev–Trinajstić information content (AvgIpc) is 2.89. The highest BCUT2D eigenvalue weighted by molar-refractivity contribution is 6.32. The molecule has 7 nitrogen and oxygen atoms in total. The summed E-state index contributed by atoms with van der Waals surface area (Å²) in [5.74, 6) is -12.8. The molecule has 0 bridgehead atoms. The summed E-state index contributed by atoms with van der Waals surface area (Å²) in [5.41, 5.74) is -3.96. The van der Waals surface area contributed by atoms with E-state index in [2.05, 4.69) is 0 Å². The smallest absolute Gasteiger partial charge is 0.270 e. The molecule has 240 valence electrons. The number of alkyl halides is 2. The van der Waals surface area contributed by atoms with Crippen molar-refractivity contribution in [3.8, 4) is 16.9 Å². The van der Waals surface area contributed by atoms with Gasteiger partial charge in [-0.15, -0.1) is 0 Å². The molecule has 0 aliphatic heterocycles. The summed E-state index contributed by atoms with van der Waals surface area (Å²) < 4.78 is 27.8. The fourth-order valence-electron chi connectivity index (χ4n) is 8.91. The molecule has 0 amide bonds. The molecule has 0 radical (unpaired) electrons. The maximum Gasteiger partial charge on any atom is 0.270 e. The van der Waals surface area contributed by atoms with Gasteiger partial charge in [0, 0.05) is 29.4 Å². The van der Waals surface area contributed by atoms with E-state index in [0.717, 1.165) is 19.4 Å².